The molecule has 1 aromatic carbocycles. The highest BCUT2D eigenvalue weighted by Gasteiger charge is 2.30. The summed E-state index contributed by atoms with van der Waals surface area (Å²) in [6.45, 7) is 1.78. The van der Waals surface area contributed by atoms with E-state index >= 15 is 0 Å². The maximum Gasteiger partial charge on any atom is 0.416 e. The van der Waals surface area contributed by atoms with Gasteiger partial charge in [0.15, 0.2) is 0 Å². The Morgan fingerprint density at radius 1 is 1.33 bits per heavy atom. The van der Waals surface area contributed by atoms with Crippen molar-refractivity contribution in [1.29, 1.82) is 5.26 Å². The Kier molecular flexibility index (Phi) is 6.14. The Hall–Kier alpha value is -2.11. The van der Waals surface area contributed by atoms with Gasteiger partial charge >= 0.3 is 6.18 Å². The summed E-state index contributed by atoms with van der Waals surface area (Å²) in [5, 5.41) is 11.1. The second-order valence-corrected chi connectivity index (χ2v) is 3.92. The van der Waals surface area contributed by atoms with Gasteiger partial charge in [0.05, 0.1) is 18.2 Å². The quantitative estimate of drug-likeness (QED) is 0.497. The Morgan fingerprint density at radius 2 is 1.95 bits per heavy atom. The van der Waals surface area contributed by atoms with Crippen LogP contribution in [0.25, 0.3) is 0 Å². The minimum atomic E-state index is -4.46. The summed E-state index contributed by atoms with van der Waals surface area (Å²) in [7, 11) is 0. The molecule has 0 saturated heterocycles. The number of amides is 1. The largest absolute Gasteiger partial charge is 0.416 e. The number of nitrogens with one attached hydrogen (secondary N) is 1. The van der Waals surface area contributed by atoms with Crippen molar-refractivity contribution in [2.24, 2.45) is 0 Å². The van der Waals surface area contributed by atoms with Gasteiger partial charge in [-0.05, 0) is 31.2 Å². The molecule has 1 amide bonds. The average Bonchev–Trinajstić information content (AvgIpc) is 2.45. The van der Waals surface area contributed by atoms with Crippen LogP contribution in [0, 0.1) is 11.3 Å². The smallest absolute Gasteiger partial charge is 0.334 e. The first-order valence-corrected chi connectivity index (χ1v) is 6.00. The number of rotatable bonds is 6. The first-order valence-electron chi connectivity index (χ1n) is 6.00. The van der Waals surface area contributed by atoms with Crippen molar-refractivity contribution in [2.75, 3.05) is 13.2 Å². The summed E-state index contributed by atoms with van der Waals surface area (Å²) in [4.78, 5) is 21.0. The number of benzene rings is 1. The molecule has 0 aliphatic carbocycles. The monoisotopic (exact) mass is 302 g/mol. The Bertz CT molecular complexity index is 509. The van der Waals surface area contributed by atoms with Gasteiger partial charge in [0, 0.05) is 5.56 Å². The molecule has 1 rings (SSSR count). The Labute approximate surface area is 119 Å². The molecule has 0 aliphatic heterocycles. The molecule has 0 fully saturated rings. The summed E-state index contributed by atoms with van der Waals surface area (Å²) in [6, 6.07) is 4.49. The second kappa shape index (κ2) is 7.61. The average molecular weight is 302 g/mol. The molecule has 0 spiro atoms. The van der Waals surface area contributed by atoms with Crippen molar-refractivity contribution in [3.63, 3.8) is 0 Å². The van der Waals surface area contributed by atoms with E-state index in [-0.39, 0.29) is 18.8 Å². The van der Waals surface area contributed by atoms with Gasteiger partial charge in [-0.1, -0.05) is 0 Å². The highest BCUT2D eigenvalue weighted by Crippen LogP contribution is 2.29. The van der Waals surface area contributed by atoms with Gasteiger partial charge in [-0.2, -0.15) is 18.4 Å². The van der Waals surface area contributed by atoms with E-state index in [4.69, 9.17) is 5.26 Å². The highest BCUT2D eigenvalue weighted by molar-refractivity contribution is 5.94. The summed E-state index contributed by atoms with van der Waals surface area (Å²) in [6.07, 6.45) is -4.46. The maximum absolute atomic E-state index is 12.4. The van der Waals surface area contributed by atoms with E-state index in [9.17, 15) is 18.0 Å². The van der Waals surface area contributed by atoms with E-state index in [1.165, 1.54) is 0 Å². The number of nitrogens with zero attached hydrogens (tertiary/aromatic N) is 1. The molecule has 0 heterocycles. The lowest BCUT2D eigenvalue weighted by Gasteiger charge is -2.12. The van der Waals surface area contributed by atoms with Crippen LogP contribution in [0.5, 0.6) is 0 Å². The number of alkyl halides is 3. The van der Waals surface area contributed by atoms with Crippen LogP contribution in [0.4, 0.5) is 13.2 Å². The molecule has 1 aromatic rings. The summed E-state index contributed by atoms with van der Waals surface area (Å²) < 4.78 is 37.2. The molecule has 0 saturated carbocycles. The summed E-state index contributed by atoms with van der Waals surface area (Å²) >= 11 is 0. The van der Waals surface area contributed by atoms with E-state index < -0.39 is 23.7 Å². The zero-order valence-corrected chi connectivity index (χ0v) is 11.1. The molecule has 5 nitrogen and oxygen atoms in total. The SMILES string of the molecule is CCOOCC(C#N)NC(=O)c1ccc(C(F)(F)F)cc1. The van der Waals surface area contributed by atoms with Gasteiger partial charge < -0.3 is 5.32 Å². The molecule has 0 aromatic heterocycles. The Morgan fingerprint density at radius 3 is 2.43 bits per heavy atom. The molecule has 1 atom stereocenters. The molecule has 0 bridgehead atoms. The van der Waals surface area contributed by atoms with Gasteiger partial charge in [-0.15, -0.1) is 0 Å². The fraction of sp³-hybridized carbons (Fsp3) is 0.385. The van der Waals surface area contributed by atoms with Gasteiger partial charge in [-0.3, -0.25) is 4.79 Å². The van der Waals surface area contributed by atoms with Crippen molar-refractivity contribution in [3.05, 3.63) is 35.4 Å². The van der Waals surface area contributed by atoms with E-state index in [0.29, 0.717) is 0 Å². The zero-order chi connectivity index (χ0) is 15.9. The van der Waals surface area contributed by atoms with Crippen LogP contribution in [-0.4, -0.2) is 25.2 Å². The van der Waals surface area contributed by atoms with Crippen molar-refractivity contribution >= 4 is 5.91 Å². The lowest BCUT2D eigenvalue weighted by Crippen LogP contribution is -2.37. The minimum Gasteiger partial charge on any atom is -0.334 e. The number of nitriles is 1. The van der Waals surface area contributed by atoms with E-state index in [2.05, 4.69) is 15.1 Å². The van der Waals surface area contributed by atoms with Crippen molar-refractivity contribution < 1.29 is 27.7 Å². The van der Waals surface area contributed by atoms with E-state index in [1.54, 1.807) is 13.0 Å². The van der Waals surface area contributed by atoms with Gasteiger partial charge in [0.1, 0.15) is 12.6 Å². The fourth-order valence-corrected chi connectivity index (χ4v) is 1.36. The molecule has 21 heavy (non-hydrogen) atoms. The van der Waals surface area contributed by atoms with Crippen LogP contribution in [-0.2, 0) is 16.0 Å². The Balaban J connectivity index is 2.64. The minimum absolute atomic E-state index is 0.0136. The first kappa shape index (κ1) is 16.9. The molecular formula is C13H13F3N2O3. The van der Waals surface area contributed by atoms with E-state index in [0.717, 1.165) is 24.3 Å². The van der Waals surface area contributed by atoms with Crippen molar-refractivity contribution in [1.82, 2.24) is 5.32 Å². The first-order chi connectivity index (χ1) is 9.88. The summed E-state index contributed by atoms with van der Waals surface area (Å²) in [5.74, 6) is -0.671. The van der Waals surface area contributed by atoms with Crippen molar-refractivity contribution in [3.8, 4) is 6.07 Å². The standard InChI is InChI=1S/C13H13F3N2O3/c1-2-20-21-8-11(7-17)18-12(19)9-3-5-10(6-4-9)13(14,15)16/h3-6,11H,2,8H2,1H3,(H,18,19). The van der Waals surface area contributed by atoms with Crippen LogP contribution in [0.3, 0.4) is 0 Å². The molecular weight excluding hydrogens is 289 g/mol. The van der Waals surface area contributed by atoms with E-state index in [1.807, 2.05) is 0 Å². The van der Waals surface area contributed by atoms with Crippen LogP contribution in [0.15, 0.2) is 24.3 Å². The highest BCUT2D eigenvalue weighted by atomic mass is 19.4. The molecule has 8 heteroatoms. The molecule has 114 valence electrons. The van der Waals surface area contributed by atoms with Crippen LogP contribution in [0.1, 0.15) is 22.8 Å². The van der Waals surface area contributed by atoms with Gasteiger partial charge in [0.25, 0.3) is 5.91 Å². The topological polar surface area (TPSA) is 71.3 Å². The number of carbonyl (C=O) groups is 1. The van der Waals surface area contributed by atoms with Gasteiger partial charge in [-0.25, -0.2) is 9.78 Å². The molecule has 1 unspecified atom stereocenters. The predicted molar refractivity (Wildman–Crippen MR) is 65.9 cm³/mol. The van der Waals surface area contributed by atoms with Gasteiger partial charge in [0.2, 0.25) is 0 Å². The number of hydrogen-bond acceptors (Lipinski definition) is 4. The van der Waals surface area contributed by atoms with Crippen LogP contribution < -0.4 is 5.32 Å². The van der Waals surface area contributed by atoms with Crippen LogP contribution in [0.2, 0.25) is 0 Å². The second-order valence-electron chi connectivity index (χ2n) is 3.92. The molecule has 0 radical (unpaired) electrons. The molecule has 0 aliphatic rings. The predicted octanol–water partition coefficient (Wildman–Crippen LogP) is 2.30. The van der Waals surface area contributed by atoms with Crippen molar-refractivity contribution in [2.45, 2.75) is 19.1 Å². The molecule has 1 N–H and O–H groups in total. The lowest BCUT2D eigenvalue weighted by molar-refractivity contribution is -0.292. The van der Waals surface area contributed by atoms with Crippen LogP contribution >= 0.6 is 0 Å². The zero-order valence-electron chi connectivity index (χ0n) is 11.1. The third-order valence-electron chi connectivity index (χ3n) is 2.37. The normalized spacial score (nSPS) is 12.5. The third kappa shape index (κ3) is 5.41. The number of carbonyl (C=O) groups excluding carboxylic acids is 1. The maximum atomic E-state index is 12.4. The summed E-state index contributed by atoms with van der Waals surface area (Å²) in [5.41, 5.74) is -0.838. The lowest BCUT2D eigenvalue weighted by atomic mass is 10.1. The third-order valence-corrected chi connectivity index (χ3v) is 2.37. The number of hydrogen-bond donors (Lipinski definition) is 1. The number of halogens is 3. The fourth-order valence-electron chi connectivity index (χ4n) is 1.36.